The van der Waals surface area contributed by atoms with Crippen LogP contribution in [-0.2, 0) is 0 Å². The lowest BCUT2D eigenvalue weighted by molar-refractivity contribution is 0.962. The Bertz CT molecular complexity index is 304. The molecular weight excluding hydrogens is 192 g/mol. The minimum absolute atomic E-state index is 1.24. The Balaban J connectivity index is 0.000000244. The molecule has 88 valence electrons. The highest BCUT2D eigenvalue weighted by atomic mass is 13.9. The van der Waals surface area contributed by atoms with Crippen molar-refractivity contribution in [1.82, 2.24) is 0 Å². The first kappa shape index (κ1) is 14.7. The SMILES string of the molecule is CC.CC1=CC=CCC1.Cc1ccccc1. The van der Waals surface area contributed by atoms with E-state index in [-0.39, 0.29) is 0 Å². The molecule has 0 fully saturated rings. The number of benzene rings is 1. The average molecular weight is 216 g/mol. The lowest BCUT2D eigenvalue weighted by atomic mass is 10.1. The summed E-state index contributed by atoms with van der Waals surface area (Å²) in [4.78, 5) is 0. The van der Waals surface area contributed by atoms with Gasteiger partial charge in [0.1, 0.15) is 0 Å². The smallest absolute Gasteiger partial charge is 0.0285 e. The van der Waals surface area contributed by atoms with Crippen molar-refractivity contribution in [3.05, 3.63) is 59.7 Å². The van der Waals surface area contributed by atoms with Gasteiger partial charge in [0.2, 0.25) is 0 Å². The molecule has 1 aliphatic carbocycles. The lowest BCUT2D eigenvalue weighted by Gasteiger charge is -1.98. The summed E-state index contributed by atoms with van der Waals surface area (Å²) >= 11 is 0. The Kier molecular flexibility index (Phi) is 9.39. The number of hydrogen-bond acceptors (Lipinski definition) is 0. The van der Waals surface area contributed by atoms with Crippen molar-refractivity contribution >= 4 is 0 Å². The highest BCUT2D eigenvalue weighted by Crippen LogP contribution is 2.08. The maximum absolute atomic E-state index is 2.20. The summed E-state index contributed by atoms with van der Waals surface area (Å²) in [7, 11) is 0. The zero-order valence-electron chi connectivity index (χ0n) is 11.0. The van der Waals surface area contributed by atoms with E-state index in [4.69, 9.17) is 0 Å². The van der Waals surface area contributed by atoms with E-state index in [2.05, 4.69) is 44.2 Å². The van der Waals surface area contributed by atoms with Crippen molar-refractivity contribution in [2.45, 2.75) is 40.5 Å². The van der Waals surface area contributed by atoms with Gasteiger partial charge in [0, 0.05) is 0 Å². The topological polar surface area (TPSA) is 0 Å². The quantitative estimate of drug-likeness (QED) is 0.551. The molecule has 0 aliphatic heterocycles. The summed E-state index contributed by atoms with van der Waals surface area (Å²) in [5.74, 6) is 0. The van der Waals surface area contributed by atoms with Crippen LogP contribution in [0.5, 0.6) is 0 Å². The van der Waals surface area contributed by atoms with Crippen molar-refractivity contribution in [2.24, 2.45) is 0 Å². The third-order valence-corrected chi connectivity index (χ3v) is 2.16. The van der Waals surface area contributed by atoms with Crippen molar-refractivity contribution in [2.75, 3.05) is 0 Å². The molecule has 1 aliphatic rings. The van der Waals surface area contributed by atoms with Gasteiger partial charge in [0.05, 0.1) is 0 Å². The largest absolute Gasteiger partial charge is 0.0842 e. The summed E-state index contributed by atoms with van der Waals surface area (Å²) in [5, 5.41) is 0. The second-order valence-electron chi connectivity index (χ2n) is 3.63. The number of aryl methyl sites for hydroxylation is 1. The van der Waals surface area contributed by atoms with Crippen LogP contribution in [0.4, 0.5) is 0 Å². The molecule has 0 heterocycles. The highest BCUT2D eigenvalue weighted by molar-refractivity contribution is 5.15. The van der Waals surface area contributed by atoms with Crippen molar-refractivity contribution in [1.29, 1.82) is 0 Å². The molecule has 0 heteroatoms. The molecule has 0 radical (unpaired) electrons. The Morgan fingerprint density at radius 3 is 1.81 bits per heavy atom. The minimum Gasteiger partial charge on any atom is -0.0842 e. The molecule has 0 saturated heterocycles. The zero-order chi connectivity index (χ0) is 12.2. The predicted octanol–water partition coefficient (Wildman–Crippen LogP) is 5.30. The highest BCUT2D eigenvalue weighted by Gasteiger charge is 1.88. The van der Waals surface area contributed by atoms with Crippen LogP contribution < -0.4 is 0 Å². The molecular formula is C16H24. The van der Waals surface area contributed by atoms with Crippen molar-refractivity contribution in [3.63, 3.8) is 0 Å². The van der Waals surface area contributed by atoms with Gasteiger partial charge in [-0.05, 0) is 26.7 Å². The molecule has 0 bridgehead atoms. The number of hydrogen-bond donors (Lipinski definition) is 0. The van der Waals surface area contributed by atoms with Crippen LogP contribution in [0.2, 0.25) is 0 Å². The van der Waals surface area contributed by atoms with Crippen LogP contribution in [0.25, 0.3) is 0 Å². The Hall–Kier alpha value is -1.30. The third-order valence-electron chi connectivity index (χ3n) is 2.16. The zero-order valence-corrected chi connectivity index (χ0v) is 11.0. The van der Waals surface area contributed by atoms with E-state index in [0.29, 0.717) is 0 Å². The summed E-state index contributed by atoms with van der Waals surface area (Å²) in [6.45, 7) is 8.25. The summed E-state index contributed by atoms with van der Waals surface area (Å²) < 4.78 is 0. The lowest BCUT2D eigenvalue weighted by Crippen LogP contribution is -1.78. The molecule has 2 rings (SSSR count). The van der Waals surface area contributed by atoms with Gasteiger partial charge in [-0.2, -0.15) is 0 Å². The van der Waals surface area contributed by atoms with Gasteiger partial charge in [-0.1, -0.05) is 73.5 Å². The molecule has 0 N–H and O–H groups in total. The predicted molar refractivity (Wildman–Crippen MR) is 74.7 cm³/mol. The van der Waals surface area contributed by atoms with Crippen LogP contribution in [0.15, 0.2) is 54.1 Å². The van der Waals surface area contributed by atoms with Crippen LogP contribution >= 0.6 is 0 Å². The van der Waals surface area contributed by atoms with E-state index in [0.717, 1.165) is 0 Å². The van der Waals surface area contributed by atoms with E-state index in [1.807, 2.05) is 32.0 Å². The first-order chi connectivity index (χ1) is 7.79. The first-order valence-electron chi connectivity index (χ1n) is 6.13. The summed E-state index contributed by atoms with van der Waals surface area (Å²) in [6.07, 6.45) is 8.99. The van der Waals surface area contributed by atoms with Gasteiger partial charge in [-0.25, -0.2) is 0 Å². The monoisotopic (exact) mass is 216 g/mol. The normalized spacial score (nSPS) is 12.6. The molecule has 16 heavy (non-hydrogen) atoms. The summed E-state index contributed by atoms with van der Waals surface area (Å²) in [5.41, 5.74) is 2.82. The molecule has 0 unspecified atom stereocenters. The average Bonchev–Trinajstić information content (AvgIpc) is 2.34. The number of rotatable bonds is 0. The molecule has 0 nitrogen and oxygen atoms in total. The van der Waals surface area contributed by atoms with Gasteiger partial charge >= 0.3 is 0 Å². The second-order valence-corrected chi connectivity index (χ2v) is 3.63. The molecule has 0 amide bonds. The van der Waals surface area contributed by atoms with Crippen molar-refractivity contribution < 1.29 is 0 Å². The Morgan fingerprint density at radius 1 is 0.938 bits per heavy atom. The fourth-order valence-electron chi connectivity index (χ4n) is 1.26. The van der Waals surface area contributed by atoms with Gasteiger partial charge in [-0.3, -0.25) is 0 Å². The first-order valence-corrected chi connectivity index (χ1v) is 6.13. The minimum atomic E-state index is 1.24. The van der Waals surface area contributed by atoms with Gasteiger partial charge < -0.3 is 0 Å². The van der Waals surface area contributed by atoms with E-state index < -0.39 is 0 Å². The number of allylic oxidation sites excluding steroid dienone is 4. The van der Waals surface area contributed by atoms with Crippen molar-refractivity contribution in [3.8, 4) is 0 Å². The van der Waals surface area contributed by atoms with Crippen LogP contribution in [0.3, 0.4) is 0 Å². The molecule has 0 saturated carbocycles. The van der Waals surface area contributed by atoms with Crippen LogP contribution in [0, 0.1) is 6.92 Å². The van der Waals surface area contributed by atoms with Gasteiger partial charge in [-0.15, -0.1) is 0 Å². The van der Waals surface area contributed by atoms with Crippen LogP contribution in [-0.4, -0.2) is 0 Å². The Labute approximate surface area is 101 Å². The van der Waals surface area contributed by atoms with E-state index in [9.17, 15) is 0 Å². The summed E-state index contributed by atoms with van der Waals surface area (Å²) in [6, 6.07) is 10.3. The molecule has 0 spiro atoms. The fraction of sp³-hybridized carbons (Fsp3) is 0.375. The molecule has 0 atom stereocenters. The fourth-order valence-corrected chi connectivity index (χ4v) is 1.26. The van der Waals surface area contributed by atoms with Gasteiger partial charge in [0.25, 0.3) is 0 Å². The molecule has 1 aromatic rings. The third kappa shape index (κ3) is 8.05. The Morgan fingerprint density at radius 2 is 1.56 bits per heavy atom. The maximum atomic E-state index is 2.20. The molecule has 1 aromatic carbocycles. The maximum Gasteiger partial charge on any atom is -0.0285 e. The van der Waals surface area contributed by atoms with E-state index in [1.54, 1.807) is 0 Å². The second kappa shape index (κ2) is 10.2. The molecule has 0 aromatic heterocycles. The van der Waals surface area contributed by atoms with E-state index in [1.165, 1.54) is 24.0 Å². The van der Waals surface area contributed by atoms with Crippen LogP contribution in [0.1, 0.15) is 39.2 Å². The van der Waals surface area contributed by atoms with E-state index >= 15 is 0 Å². The van der Waals surface area contributed by atoms with Gasteiger partial charge in [0.15, 0.2) is 0 Å². The standard InChI is InChI=1S/C7H10.C7H8.C2H6/c2*1-7-5-3-2-4-6-7;1-2/h2-3,5H,4,6H2,1H3;2-6H,1H3;1-2H3.